The highest BCUT2D eigenvalue weighted by molar-refractivity contribution is 6.31. The van der Waals surface area contributed by atoms with E-state index < -0.39 is 17.5 Å². The molecule has 0 saturated carbocycles. The molecule has 37 heavy (non-hydrogen) atoms. The lowest BCUT2D eigenvalue weighted by atomic mass is 9.64. The Morgan fingerprint density at radius 1 is 0.838 bits per heavy atom. The summed E-state index contributed by atoms with van der Waals surface area (Å²) < 4.78 is 0. The summed E-state index contributed by atoms with van der Waals surface area (Å²) in [7, 11) is 0. The average Bonchev–Trinajstić information content (AvgIpc) is 2.86. The van der Waals surface area contributed by atoms with Gasteiger partial charge in [-0.1, -0.05) is 91.1 Å². The molecule has 0 bridgehead atoms. The Morgan fingerprint density at radius 2 is 1.24 bits per heavy atom. The van der Waals surface area contributed by atoms with Crippen LogP contribution in [0.25, 0.3) is 0 Å². The largest absolute Gasteiger partial charge is 0.539 e. The summed E-state index contributed by atoms with van der Waals surface area (Å²) in [6.45, 7) is 4.28. The van der Waals surface area contributed by atoms with Gasteiger partial charge in [-0.05, 0) is 35.9 Å². The monoisotopic (exact) mass is 563 g/mol. The minimum Gasteiger partial charge on any atom is -0.539 e. The van der Waals surface area contributed by atoms with E-state index in [4.69, 9.17) is 54.6 Å². The molecular formula is C28H28Cl3NO5. The normalized spacial score (nSPS) is 25.0. The summed E-state index contributed by atoms with van der Waals surface area (Å²) in [6, 6.07) is 23.8. The van der Waals surface area contributed by atoms with Crippen LogP contribution in [0.2, 0.25) is 15.1 Å². The lowest BCUT2D eigenvalue weighted by Crippen LogP contribution is -2.93. The maximum absolute atomic E-state index is 12.2. The molecule has 4 atom stereocenters. The Labute approximate surface area is 230 Å². The van der Waals surface area contributed by atoms with E-state index in [2.05, 4.69) is 43.4 Å². The van der Waals surface area contributed by atoms with Gasteiger partial charge < -0.3 is 25.4 Å². The van der Waals surface area contributed by atoms with E-state index in [-0.39, 0.29) is 23.9 Å². The molecule has 4 rings (SSSR count). The fraction of sp³-hybridized carbons (Fsp3) is 0.286. The molecule has 3 aromatic rings. The molecule has 196 valence electrons. The summed E-state index contributed by atoms with van der Waals surface area (Å²) >= 11 is 18.8. The third-order valence-corrected chi connectivity index (χ3v) is 8.06. The molecule has 4 N–H and O–H groups in total. The number of carbonyl (C=O) groups excluding carboxylic acids is 1. The number of halogens is 3. The van der Waals surface area contributed by atoms with Gasteiger partial charge in [-0.15, -0.1) is 0 Å². The molecule has 0 aromatic heterocycles. The second-order valence-corrected chi connectivity index (χ2v) is 10.6. The molecule has 0 spiro atoms. The van der Waals surface area contributed by atoms with Crippen molar-refractivity contribution in [1.29, 1.82) is 0 Å². The molecule has 0 radical (unpaired) electrons. The van der Waals surface area contributed by atoms with Gasteiger partial charge in [-0.2, -0.15) is 0 Å². The molecule has 1 saturated heterocycles. The van der Waals surface area contributed by atoms with Gasteiger partial charge in [0.15, 0.2) is 5.97 Å². The Hall–Kier alpha value is -2.61. The van der Waals surface area contributed by atoms with Crippen molar-refractivity contribution in [3.8, 4) is 0 Å². The number of benzene rings is 3. The van der Waals surface area contributed by atoms with Crippen LogP contribution in [0, 0.1) is 11.8 Å². The lowest BCUT2D eigenvalue weighted by molar-refractivity contribution is -0.764. The Morgan fingerprint density at radius 3 is 1.62 bits per heavy atom. The number of hydrogen-bond acceptors (Lipinski definition) is 4. The fourth-order valence-electron chi connectivity index (χ4n) is 5.03. The number of carboxylic acids is 2. The number of hydrogen-bond donors (Lipinski definition) is 3. The van der Waals surface area contributed by atoms with E-state index in [0.29, 0.717) is 21.5 Å². The Balaban J connectivity index is 0.000000568. The molecule has 0 aliphatic carbocycles. The number of carbonyl (C=O) groups is 2. The van der Waals surface area contributed by atoms with E-state index in [1.807, 2.05) is 48.5 Å². The summed E-state index contributed by atoms with van der Waals surface area (Å²) in [4.78, 5) is 18.0. The van der Waals surface area contributed by atoms with Crippen LogP contribution in [0.3, 0.4) is 0 Å². The van der Waals surface area contributed by atoms with E-state index in [1.165, 1.54) is 0 Å². The predicted molar refractivity (Wildman–Crippen MR) is 141 cm³/mol. The number of aliphatic hydroxyl groups is 1. The van der Waals surface area contributed by atoms with Crippen LogP contribution in [-0.4, -0.2) is 27.8 Å². The van der Waals surface area contributed by atoms with Crippen molar-refractivity contribution < 1.29 is 30.2 Å². The summed E-state index contributed by atoms with van der Waals surface area (Å²) in [5, 5.41) is 33.0. The van der Waals surface area contributed by atoms with Crippen molar-refractivity contribution in [2.45, 2.75) is 38.0 Å². The number of piperidine rings is 1. The average molecular weight is 565 g/mol. The van der Waals surface area contributed by atoms with Crippen LogP contribution in [0.1, 0.15) is 42.6 Å². The van der Waals surface area contributed by atoms with Crippen LogP contribution < -0.4 is 10.4 Å². The highest BCUT2D eigenvalue weighted by atomic mass is 35.5. The lowest BCUT2D eigenvalue weighted by Gasteiger charge is -2.49. The zero-order valence-corrected chi connectivity index (χ0v) is 22.5. The van der Waals surface area contributed by atoms with Crippen molar-refractivity contribution in [1.82, 2.24) is 0 Å². The summed E-state index contributed by atoms with van der Waals surface area (Å²) in [5.74, 6) is -4.03. The molecule has 0 amide bonds. The van der Waals surface area contributed by atoms with Gasteiger partial charge >= 0.3 is 5.97 Å². The van der Waals surface area contributed by atoms with Crippen LogP contribution in [0.4, 0.5) is 0 Å². The highest BCUT2D eigenvalue weighted by Gasteiger charge is 2.54. The molecular weight excluding hydrogens is 537 g/mol. The van der Waals surface area contributed by atoms with Crippen LogP contribution in [0.15, 0.2) is 72.8 Å². The van der Waals surface area contributed by atoms with Gasteiger partial charge in [-0.25, -0.2) is 4.79 Å². The third kappa shape index (κ3) is 6.83. The van der Waals surface area contributed by atoms with Crippen molar-refractivity contribution in [3.63, 3.8) is 0 Å². The first-order valence-electron chi connectivity index (χ1n) is 11.7. The van der Waals surface area contributed by atoms with E-state index in [1.54, 1.807) is 0 Å². The third-order valence-electron chi connectivity index (χ3n) is 7.18. The van der Waals surface area contributed by atoms with Gasteiger partial charge in [0.2, 0.25) is 0 Å². The Kier molecular flexibility index (Phi) is 9.62. The van der Waals surface area contributed by atoms with Gasteiger partial charge in [0.1, 0.15) is 12.1 Å². The first-order chi connectivity index (χ1) is 17.4. The van der Waals surface area contributed by atoms with Crippen molar-refractivity contribution in [2.24, 2.45) is 11.8 Å². The maximum atomic E-state index is 12.2. The highest BCUT2D eigenvalue weighted by Crippen LogP contribution is 2.45. The Bertz CT molecular complexity index is 1160. The zero-order chi connectivity index (χ0) is 27.3. The minimum atomic E-state index is -2.07. The van der Waals surface area contributed by atoms with Crippen LogP contribution in [-0.2, 0) is 16.0 Å². The molecule has 6 nitrogen and oxygen atoms in total. The predicted octanol–water partition coefficient (Wildman–Crippen LogP) is 4.07. The standard InChI is InChI=1S/C26H26Cl3NO.C2H2O4/c1-16-24(18-7-11-21(27)12-8-18)30-25(19-9-13-22(28)14-10-19)17(2)26(16,31)15-20-5-3-4-6-23(20)29;3-1(4)2(5)6/h3-14,16-17,24-25,30-31H,15H2,1-2H3;(H,3,4)(H,5,6). The van der Waals surface area contributed by atoms with Crippen molar-refractivity contribution in [2.75, 3.05) is 0 Å². The number of nitrogens with two attached hydrogens (primary N) is 1. The van der Waals surface area contributed by atoms with Crippen LogP contribution in [0.5, 0.6) is 0 Å². The second-order valence-electron chi connectivity index (χ2n) is 9.28. The first kappa shape index (κ1) is 29.0. The van der Waals surface area contributed by atoms with Gasteiger partial charge in [-0.3, -0.25) is 0 Å². The first-order valence-corrected chi connectivity index (χ1v) is 12.8. The SMILES string of the molecule is CC1C(c2ccc(Cl)cc2)[NH2+]C(c2ccc(Cl)cc2)C(C)C1(O)Cc1ccccc1Cl.O=C([O-])C(=O)O. The van der Waals surface area contributed by atoms with Gasteiger partial charge in [0.25, 0.3) is 0 Å². The van der Waals surface area contributed by atoms with Crippen LogP contribution >= 0.6 is 34.8 Å². The summed E-state index contributed by atoms with van der Waals surface area (Å²) in [6.07, 6.45) is 0.497. The van der Waals surface area contributed by atoms with Crippen molar-refractivity contribution >= 4 is 46.7 Å². The van der Waals surface area contributed by atoms with Gasteiger partial charge in [0, 0.05) is 44.5 Å². The molecule has 1 aliphatic rings. The molecule has 3 aromatic carbocycles. The number of rotatable bonds is 4. The smallest absolute Gasteiger partial charge is 0.351 e. The molecule has 1 heterocycles. The quantitative estimate of drug-likeness (QED) is 0.413. The fourth-order valence-corrected chi connectivity index (χ4v) is 5.49. The molecule has 1 fully saturated rings. The zero-order valence-electron chi connectivity index (χ0n) is 20.3. The van der Waals surface area contributed by atoms with Gasteiger partial charge in [0.05, 0.1) is 5.60 Å². The van der Waals surface area contributed by atoms with E-state index in [0.717, 1.165) is 16.7 Å². The molecule has 1 aliphatic heterocycles. The number of aliphatic carboxylic acids is 2. The maximum Gasteiger partial charge on any atom is 0.351 e. The van der Waals surface area contributed by atoms with E-state index >= 15 is 0 Å². The number of carboxylic acid groups (broad SMARTS) is 2. The number of quaternary nitrogens is 1. The minimum absolute atomic E-state index is 0.0106. The topological polar surface area (TPSA) is 114 Å². The molecule has 4 unspecified atom stereocenters. The van der Waals surface area contributed by atoms with Crippen molar-refractivity contribution in [3.05, 3.63) is 105 Å². The summed E-state index contributed by atoms with van der Waals surface area (Å²) in [5.41, 5.74) is 2.33. The second kappa shape index (κ2) is 12.3. The van der Waals surface area contributed by atoms with E-state index in [9.17, 15) is 5.11 Å². The molecule has 9 heteroatoms.